The van der Waals surface area contributed by atoms with E-state index >= 15 is 0 Å². The molecular formula is C15H22ClNO2. The third-order valence-corrected chi connectivity index (χ3v) is 3.35. The molecule has 106 valence electrons. The second kappa shape index (κ2) is 8.81. The quantitative estimate of drug-likeness (QED) is 0.686. The number of hydrogen-bond donors (Lipinski definition) is 0. The average molecular weight is 284 g/mol. The van der Waals surface area contributed by atoms with Gasteiger partial charge in [-0.05, 0) is 37.5 Å². The largest absolute Gasteiger partial charge is 0.497 e. The van der Waals surface area contributed by atoms with E-state index < -0.39 is 0 Å². The van der Waals surface area contributed by atoms with Crippen LogP contribution < -0.4 is 4.74 Å². The standard InChI is InChI=1S/C15H22ClNO2/c1-3-17(12-4-11-16)15(18)10-7-13-5-8-14(19-2)9-6-13/h5-6,8-9H,3-4,7,10-12H2,1-2H3. The van der Waals surface area contributed by atoms with E-state index in [0.717, 1.165) is 37.2 Å². The first-order chi connectivity index (χ1) is 9.21. The topological polar surface area (TPSA) is 29.5 Å². The molecule has 19 heavy (non-hydrogen) atoms. The molecule has 0 spiro atoms. The lowest BCUT2D eigenvalue weighted by molar-refractivity contribution is -0.131. The maximum absolute atomic E-state index is 12.0. The van der Waals surface area contributed by atoms with Gasteiger partial charge in [0.1, 0.15) is 5.75 Å². The molecule has 1 amide bonds. The molecule has 0 atom stereocenters. The minimum Gasteiger partial charge on any atom is -0.497 e. The molecule has 0 unspecified atom stereocenters. The van der Waals surface area contributed by atoms with Crippen molar-refractivity contribution >= 4 is 17.5 Å². The van der Waals surface area contributed by atoms with Crippen LogP contribution in [0.4, 0.5) is 0 Å². The molecule has 0 aliphatic heterocycles. The number of nitrogens with zero attached hydrogens (tertiary/aromatic N) is 1. The molecule has 0 N–H and O–H groups in total. The Kier molecular flexibility index (Phi) is 7.34. The fraction of sp³-hybridized carbons (Fsp3) is 0.533. The summed E-state index contributed by atoms with van der Waals surface area (Å²) in [5.41, 5.74) is 1.16. The van der Waals surface area contributed by atoms with E-state index in [1.54, 1.807) is 7.11 Å². The van der Waals surface area contributed by atoms with Crippen molar-refractivity contribution < 1.29 is 9.53 Å². The summed E-state index contributed by atoms with van der Waals surface area (Å²) >= 11 is 5.66. The molecule has 0 bridgehead atoms. The van der Waals surface area contributed by atoms with Crippen molar-refractivity contribution in [1.82, 2.24) is 4.90 Å². The number of ether oxygens (including phenoxy) is 1. The van der Waals surface area contributed by atoms with Crippen molar-refractivity contribution in [2.45, 2.75) is 26.2 Å². The first-order valence-corrected chi connectivity index (χ1v) is 7.21. The van der Waals surface area contributed by atoms with Crippen molar-refractivity contribution in [3.05, 3.63) is 29.8 Å². The summed E-state index contributed by atoms with van der Waals surface area (Å²) in [6.45, 7) is 3.50. The molecule has 0 saturated heterocycles. The fourth-order valence-electron chi connectivity index (χ4n) is 1.91. The van der Waals surface area contributed by atoms with Gasteiger partial charge < -0.3 is 9.64 Å². The summed E-state index contributed by atoms with van der Waals surface area (Å²) in [5, 5.41) is 0. The van der Waals surface area contributed by atoms with Gasteiger partial charge in [0.2, 0.25) is 5.91 Å². The average Bonchev–Trinajstić information content (AvgIpc) is 2.46. The number of methoxy groups -OCH3 is 1. The van der Waals surface area contributed by atoms with Crippen LogP contribution in [-0.4, -0.2) is 36.9 Å². The minimum atomic E-state index is 0.198. The monoisotopic (exact) mass is 283 g/mol. The van der Waals surface area contributed by atoms with Crippen molar-refractivity contribution in [3.8, 4) is 5.75 Å². The molecule has 3 nitrogen and oxygen atoms in total. The molecule has 0 heterocycles. The maximum Gasteiger partial charge on any atom is 0.222 e. The molecule has 4 heteroatoms. The second-order valence-electron chi connectivity index (χ2n) is 4.36. The predicted molar refractivity (Wildman–Crippen MR) is 78.9 cm³/mol. The zero-order chi connectivity index (χ0) is 14.1. The van der Waals surface area contributed by atoms with Gasteiger partial charge in [0.05, 0.1) is 7.11 Å². The summed E-state index contributed by atoms with van der Waals surface area (Å²) in [6.07, 6.45) is 2.16. The molecule has 0 radical (unpaired) electrons. The van der Waals surface area contributed by atoms with Crippen molar-refractivity contribution in [1.29, 1.82) is 0 Å². The van der Waals surface area contributed by atoms with Crippen LogP contribution in [0, 0.1) is 0 Å². The van der Waals surface area contributed by atoms with Crippen LogP contribution in [0.3, 0.4) is 0 Å². The van der Waals surface area contributed by atoms with Gasteiger partial charge in [-0.3, -0.25) is 4.79 Å². The number of amides is 1. The summed E-state index contributed by atoms with van der Waals surface area (Å²) in [6, 6.07) is 7.85. The molecule has 1 rings (SSSR count). The lowest BCUT2D eigenvalue weighted by atomic mass is 10.1. The highest BCUT2D eigenvalue weighted by Crippen LogP contribution is 2.13. The maximum atomic E-state index is 12.0. The van der Waals surface area contributed by atoms with Gasteiger partial charge in [0, 0.05) is 25.4 Å². The molecule has 0 aliphatic rings. The lowest BCUT2D eigenvalue weighted by Crippen LogP contribution is -2.32. The zero-order valence-electron chi connectivity index (χ0n) is 11.7. The SMILES string of the molecule is CCN(CCCCl)C(=O)CCc1ccc(OC)cc1. The van der Waals surface area contributed by atoms with Crippen LogP contribution in [0.1, 0.15) is 25.3 Å². The highest BCUT2D eigenvalue weighted by molar-refractivity contribution is 6.17. The number of hydrogen-bond acceptors (Lipinski definition) is 2. The van der Waals surface area contributed by atoms with Crippen LogP contribution in [0.25, 0.3) is 0 Å². The molecule has 0 aliphatic carbocycles. The minimum absolute atomic E-state index is 0.198. The second-order valence-corrected chi connectivity index (χ2v) is 4.74. The van der Waals surface area contributed by atoms with E-state index in [1.807, 2.05) is 36.1 Å². The van der Waals surface area contributed by atoms with Crippen LogP contribution in [0.5, 0.6) is 5.75 Å². The van der Waals surface area contributed by atoms with Crippen LogP contribution in [-0.2, 0) is 11.2 Å². The number of benzene rings is 1. The van der Waals surface area contributed by atoms with E-state index in [-0.39, 0.29) is 5.91 Å². The van der Waals surface area contributed by atoms with Gasteiger partial charge >= 0.3 is 0 Å². The first-order valence-electron chi connectivity index (χ1n) is 6.68. The smallest absolute Gasteiger partial charge is 0.222 e. The summed E-state index contributed by atoms with van der Waals surface area (Å²) < 4.78 is 5.11. The number of carbonyl (C=O) groups is 1. The van der Waals surface area contributed by atoms with Gasteiger partial charge in [0.25, 0.3) is 0 Å². The molecular weight excluding hydrogens is 262 g/mol. The van der Waals surface area contributed by atoms with Crippen molar-refractivity contribution in [2.24, 2.45) is 0 Å². The molecule has 1 aromatic rings. The molecule has 0 fully saturated rings. The van der Waals surface area contributed by atoms with Crippen molar-refractivity contribution in [3.63, 3.8) is 0 Å². The zero-order valence-corrected chi connectivity index (χ0v) is 12.4. The van der Waals surface area contributed by atoms with E-state index in [1.165, 1.54) is 0 Å². The van der Waals surface area contributed by atoms with Crippen LogP contribution in [0.2, 0.25) is 0 Å². The Balaban J connectivity index is 2.43. The highest BCUT2D eigenvalue weighted by Gasteiger charge is 2.10. The van der Waals surface area contributed by atoms with Gasteiger partial charge in [-0.2, -0.15) is 0 Å². The fourth-order valence-corrected chi connectivity index (χ4v) is 2.03. The molecule has 0 aromatic heterocycles. The Morgan fingerprint density at radius 2 is 2.00 bits per heavy atom. The Labute approximate surface area is 120 Å². The Morgan fingerprint density at radius 3 is 2.53 bits per heavy atom. The number of halogens is 1. The number of rotatable bonds is 8. The normalized spacial score (nSPS) is 10.3. The van der Waals surface area contributed by atoms with Gasteiger partial charge in [0.15, 0.2) is 0 Å². The Bertz CT molecular complexity index is 378. The van der Waals surface area contributed by atoms with Gasteiger partial charge in [-0.25, -0.2) is 0 Å². The molecule has 0 saturated carbocycles. The Hall–Kier alpha value is -1.22. The summed E-state index contributed by atoms with van der Waals surface area (Å²) in [4.78, 5) is 13.9. The highest BCUT2D eigenvalue weighted by atomic mass is 35.5. The van der Waals surface area contributed by atoms with E-state index in [9.17, 15) is 4.79 Å². The van der Waals surface area contributed by atoms with Gasteiger partial charge in [-0.1, -0.05) is 12.1 Å². The molecule has 1 aromatic carbocycles. The number of alkyl halides is 1. The predicted octanol–water partition coefficient (Wildman–Crippen LogP) is 3.11. The third kappa shape index (κ3) is 5.52. The Morgan fingerprint density at radius 1 is 1.32 bits per heavy atom. The first kappa shape index (κ1) is 15.8. The lowest BCUT2D eigenvalue weighted by Gasteiger charge is -2.20. The summed E-state index contributed by atoms with van der Waals surface area (Å²) in [5.74, 6) is 1.64. The van der Waals surface area contributed by atoms with Crippen molar-refractivity contribution in [2.75, 3.05) is 26.1 Å². The van der Waals surface area contributed by atoms with E-state index in [0.29, 0.717) is 12.3 Å². The third-order valence-electron chi connectivity index (χ3n) is 3.08. The number of aryl methyl sites for hydroxylation is 1. The van der Waals surface area contributed by atoms with Crippen LogP contribution in [0.15, 0.2) is 24.3 Å². The van der Waals surface area contributed by atoms with Gasteiger partial charge in [-0.15, -0.1) is 11.6 Å². The van der Waals surface area contributed by atoms with E-state index in [4.69, 9.17) is 16.3 Å². The summed E-state index contributed by atoms with van der Waals surface area (Å²) in [7, 11) is 1.65. The van der Waals surface area contributed by atoms with Crippen LogP contribution >= 0.6 is 11.6 Å². The van der Waals surface area contributed by atoms with E-state index in [2.05, 4.69) is 0 Å². The number of carbonyl (C=O) groups excluding carboxylic acids is 1.